The van der Waals surface area contributed by atoms with Crippen molar-refractivity contribution < 1.29 is 13.2 Å². The van der Waals surface area contributed by atoms with Crippen molar-refractivity contribution in [3.63, 3.8) is 0 Å². The first-order valence-corrected chi connectivity index (χ1v) is 10.7. The zero-order valence-corrected chi connectivity index (χ0v) is 17.3. The van der Waals surface area contributed by atoms with E-state index in [1.165, 1.54) is 46.6 Å². The molecule has 0 aliphatic heterocycles. The fraction of sp³-hybridized carbons (Fsp3) is 0.0476. The Hall–Kier alpha value is -4.05. The fourth-order valence-electron chi connectivity index (χ4n) is 2.92. The summed E-state index contributed by atoms with van der Waals surface area (Å²) in [5, 5.41) is 13.8. The Morgan fingerprint density at radius 3 is 2.39 bits per heavy atom. The topological polar surface area (TPSA) is 110 Å². The summed E-state index contributed by atoms with van der Waals surface area (Å²) in [5.74, 6) is -0.366. The van der Waals surface area contributed by atoms with Crippen LogP contribution in [0.3, 0.4) is 0 Å². The summed E-state index contributed by atoms with van der Waals surface area (Å²) in [4.78, 5) is 12.7. The average molecular weight is 434 g/mol. The minimum atomic E-state index is -3.74. The predicted molar refractivity (Wildman–Crippen MR) is 116 cm³/mol. The molecule has 1 heterocycles. The van der Waals surface area contributed by atoms with Gasteiger partial charge in [-0.05, 0) is 65.0 Å². The molecular weight excluding hydrogens is 416 g/mol. The molecule has 9 nitrogen and oxygen atoms in total. The van der Waals surface area contributed by atoms with Crippen LogP contribution in [0.25, 0.3) is 5.69 Å². The monoisotopic (exact) mass is 434 g/mol. The van der Waals surface area contributed by atoms with E-state index < -0.39 is 10.0 Å². The number of carbonyl (C=O) groups is 1. The summed E-state index contributed by atoms with van der Waals surface area (Å²) in [6.45, 7) is 0. The van der Waals surface area contributed by atoms with Crippen molar-refractivity contribution >= 4 is 27.3 Å². The number of benzene rings is 3. The third kappa shape index (κ3) is 4.28. The second kappa shape index (κ2) is 8.36. The summed E-state index contributed by atoms with van der Waals surface area (Å²) in [7, 11) is -2.26. The van der Waals surface area contributed by atoms with Crippen LogP contribution in [-0.4, -0.2) is 41.6 Å². The van der Waals surface area contributed by atoms with Crippen LogP contribution < -0.4 is 9.62 Å². The summed E-state index contributed by atoms with van der Waals surface area (Å²) in [6, 6.07) is 21.6. The minimum absolute atomic E-state index is 0.0936. The van der Waals surface area contributed by atoms with Crippen molar-refractivity contribution in [2.75, 3.05) is 16.7 Å². The molecule has 156 valence electrons. The number of hydrogen-bond acceptors (Lipinski definition) is 6. The van der Waals surface area contributed by atoms with Crippen LogP contribution in [0.15, 0.2) is 90.1 Å². The first kappa shape index (κ1) is 20.2. The molecule has 0 radical (unpaired) electrons. The molecule has 4 rings (SSSR count). The van der Waals surface area contributed by atoms with Gasteiger partial charge < -0.3 is 5.32 Å². The second-order valence-electron chi connectivity index (χ2n) is 6.59. The molecule has 0 fully saturated rings. The van der Waals surface area contributed by atoms with E-state index >= 15 is 0 Å². The number of tetrazole rings is 1. The lowest BCUT2D eigenvalue weighted by molar-refractivity contribution is 0.102. The van der Waals surface area contributed by atoms with Gasteiger partial charge in [0.25, 0.3) is 15.9 Å². The van der Waals surface area contributed by atoms with Crippen LogP contribution >= 0.6 is 0 Å². The largest absolute Gasteiger partial charge is 0.322 e. The van der Waals surface area contributed by atoms with Crippen molar-refractivity contribution in [1.82, 2.24) is 20.2 Å². The fourth-order valence-corrected chi connectivity index (χ4v) is 4.12. The predicted octanol–water partition coefficient (Wildman–Crippen LogP) is 2.74. The number of carbonyl (C=O) groups excluding carboxylic acids is 1. The van der Waals surface area contributed by atoms with Crippen LogP contribution in [0.2, 0.25) is 0 Å². The molecule has 0 unspecified atom stereocenters. The van der Waals surface area contributed by atoms with Gasteiger partial charge in [-0.3, -0.25) is 9.10 Å². The van der Waals surface area contributed by atoms with Crippen molar-refractivity contribution in [2.24, 2.45) is 0 Å². The van der Waals surface area contributed by atoms with E-state index in [4.69, 9.17) is 0 Å². The maximum Gasteiger partial charge on any atom is 0.264 e. The highest BCUT2D eigenvalue weighted by molar-refractivity contribution is 7.92. The van der Waals surface area contributed by atoms with E-state index in [1.54, 1.807) is 48.5 Å². The van der Waals surface area contributed by atoms with Gasteiger partial charge in [0.15, 0.2) is 0 Å². The lowest BCUT2D eigenvalue weighted by Crippen LogP contribution is -2.26. The molecule has 0 saturated heterocycles. The molecule has 1 aromatic heterocycles. The van der Waals surface area contributed by atoms with E-state index in [-0.39, 0.29) is 10.8 Å². The van der Waals surface area contributed by atoms with Crippen LogP contribution in [-0.2, 0) is 10.0 Å². The molecule has 0 saturated carbocycles. The smallest absolute Gasteiger partial charge is 0.264 e. The minimum Gasteiger partial charge on any atom is -0.322 e. The number of aromatic nitrogens is 4. The number of anilines is 2. The zero-order valence-electron chi connectivity index (χ0n) is 16.5. The highest BCUT2D eigenvalue weighted by Gasteiger charge is 2.21. The van der Waals surface area contributed by atoms with Gasteiger partial charge in [-0.25, -0.2) is 13.1 Å². The van der Waals surface area contributed by atoms with Gasteiger partial charge in [0.2, 0.25) is 0 Å². The molecule has 0 aliphatic carbocycles. The van der Waals surface area contributed by atoms with Crippen molar-refractivity contribution in [1.29, 1.82) is 0 Å². The molecule has 1 amide bonds. The van der Waals surface area contributed by atoms with Crippen LogP contribution in [0.1, 0.15) is 10.4 Å². The molecule has 1 N–H and O–H groups in total. The molecule has 10 heteroatoms. The molecule has 0 atom stereocenters. The maximum absolute atomic E-state index is 12.9. The first-order valence-electron chi connectivity index (χ1n) is 9.24. The first-order chi connectivity index (χ1) is 14.9. The van der Waals surface area contributed by atoms with Gasteiger partial charge in [-0.2, -0.15) is 0 Å². The Labute approximate surface area is 179 Å². The number of nitrogens with one attached hydrogen (secondary N) is 1. The summed E-state index contributed by atoms with van der Waals surface area (Å²) in [6.07, 6.45) is 1.45. The van der Waals surface area contributed by atoms with E-state index in [0.717, 1.165) is 0 Å². The Balaban J connectivity index is 1.50. The number of para-hydroxylation sites is 1. The standard InChI is InChI=1S/C21H18N6O3S/c1-26(18-7-3-2-4-8-18)31(29,30)20-12-10-16(11-13-20)21(28)23-17-6-5-9-19(14-17)27-15-22-24-25-27/h2-15H,1H3,(H,23,28). The lowest BCUT2D eigenvalue weighted by Gasteiger charge is -2.19. The highest BCUT2D eigenvalue weighted by atomic mass is 32.2. The van der Waals surface area contributed by atoms with Crippen molar-refractivity contribution in [2.45, 2.75) is 4.90 Å². The van der Waals surface area contributed by atoms with E-state index in [9.17, 15) is 13.2 Å². The maximum atomic E-state index is 12.9. The number of rotatable bonds is 6. The van der Waals surface area contributed by atoms with E-state index in [0.29, 0.717) is 22.6 Å². The molecule has 0 bridgehead atoms. The van der Waals surface area contributed by atoms with Crippen LogP contribution in [0, 0.1) is 0 Å². The van der Waals surface area contributed by atoms with E-state index in [2.05, 4.69) is 20.8 Å². The Bertz CT molecular complexity index is 1290. The number of nitrogens with zero attached hydrogens (tertiary/aromatic N) is 5. The van der Waals surface area contributed by atoms with Crippen LogP contribution in [0.4, 0.5) is 11.4 Å². The molecule has 3 aromatic carbocycles. The third-order valence-corrected chi connectivity index (χ3v) is 6.41. The number of hydrogen-bond donors (Lipinski definition) is 1. The third-order valence-electron chi connectivity index (χ3n) is 4.61. The number of amides is 1. The quantitative estimate of drug-likeness (QED) is 0.500. The zero-order chi connectivity index (χ0) is 21.8. The summed E-state index contributed by atoms with van der Waals surface area (Å²) < 4.78 is 28.4. The molecule has 0 spiro atoms. The van der Waals surface area contributed by atoms with Crippen molar-refractivity contribution in [3.05, 3.63) is 90.8 Å². The number of sulfonamides is 1. The Kier molecular flexibility index (Phi) is 5.46. The lowest BCUT2D eigenvalue weighted by atomic mass is 10.2. The Morgan fingerprint density at radius 2 is 1.71 bits per heavy atom. The van der Waals surface area contributed by atoms with Gasteiger partial charge in [-0.15, -0.1) is 5.10 Å². The second-order valence-corrected chi connectivity index (χ2v) is 8.56. The van der Waals surface area contributed by atoms with Gasteiger partial charge in [0.05, 0.1) is 16.3 Å². The summed E-state index contributed by atoms with van der Waals surface area (Å²) >= 11 is 0. The highest BCUT2D eigenvalue weighted by Crippen LogP contribution is 2.22. The van der Waals surface area contributed by atoms with Gasteiger partial charge in [0.1, 0.15) is 6.33 Å². The Morgan fingerprint density at radius 1 is 0.968 bits per heavy atom. The molecule has 0 aliphatic rings. The SMILES string of the molecule is CN(c1ccccc1)S(=O)(=O)c1ccc(C(=O)Nc2cccc(-n3cnnn3)c2)cc1. The van der Waals surface area contributed by atoms with Gasteiger partial charge >= 0.3 is 0 Å². The van der Waals surface area contributed by atoms with Gasteiger partial charge in [0, 0.05) is 18.3 Å². The molecular formula is C21H18N6O3S. The summed E-state index contributed by atoms with van der Waals surface area (Å²) in [5.41, 5.74) is 2.12. The molecule has 31 heavy (non-hydrogen) atoms. The van der Waals surface area contributed by atoms with E-state index in [1.807, 2.05) is 6.07 Å². The normalized spacial score (nSPS) is 11.1. The van der Waals surface area contributed by atoms with Gasteiger partial charge in [-0.1, -0.05) is 24.3 Å². The molecule has 4 aromatic rings. The van der Waals surface area contributed by atoms with Crippen LogP contribution in [0.5, 0.6) is 0 Å². The van der Waals surface area contributed by atoms with Crippen molar-refractivity contribution in [3.8, 4) is 5.69 Å². The average Bonchev–Trinajstić information content (AvgIpc) is 3.34.